The lowest BCUT2D eigenvalue weighted by Gasteiger charge is -2.04. The number of aromatic hydroxyl groups is 1. The number of phenols is 1. The molecule has 2 rings (SSSR count). The van der Waals surface area contributed by atoms with Crippen molar-refractivity contribution in [1.82, 2.24) is 4.98 Å². The summed E-state index contributed by atoms with van der Waals surface area (Å²) in [6.07, 6.45) is 1.56. The number of phenolic OH excluding ortho intramolecular Hbond substituents is 1. The zero-order chi connectivity index (χ0) is 12.6. The smallest absolute Gasteiger partial charge is 0.338 e. The van der Waals surface area contributed by atoms with Crippen LogP contribution in [0.4, 0.5) is 4.39 Å². The van der Waals surface area contributed by atoms with E-state index >= 15 is 0 Å². The van der Waals surface area contributed by atoms with Gasteiger partial charge in [-0.1, -0.05) is 0 Å². The van der Waals surface area contributed by atoms with E-state index in [2.05, 4.69) is 4.98 Å². The first-order valence-electron chi connectivity index (χ1n) is 4.67. The Morgan fingerprint density at radius 3 is 2.71 bits per heavy atom. The molecule has 0 aliphatic heterocycles. The van der Waals surface area contributed by atoms with Gasteiger partial charge >= 0.3 is 5.97 Å². The maximum absolute atomic E-state index is 13.9. The van der Waals surface area contributed by atoms with E-state index in [1.165, 1.54) is 17.4 Å². The molecule has 1 heterocycles. The minimum atomic E-state index is -1.42. The van der Waals surface area contributed by atoms with Crippen molar-refractivity contribution < 1.29 is 19.4 Å². The fourth-order valence-electron chi connectivity index (χ4n) is 1.40. The number of aryl methyl sites for hydroxylation is 1. The first-order valence-corrected chi connectivity index (χ1v) is 5.49. The second-order valence-corrected chi connectivity index (χ2v) is 4.67. The highest BCUT2D eigenvalue weighted by Gasteiger charge is 2.18. The van der Waals surface area contributed by atoms with Crippen LogP contribution in [0.3, 0.4) is 0 Å². The highest BCUT2D eigenvalue weighted by molar-refractivity contribution is 7.14. The van der Waals surface area contributed by atoms with Crippen molar-refractivity contribution in [2.24, 2.45) is 0 Å². The van der Waals surface area contributed by atoms with Crippen molar-refractivity contribution in [3.63, 3.8) is 0 Å². The van der Waals surface area contributed by atoms with Crippen LogP contribution < -0.4 is 0 Å². The van der Waals surface area contributed by atoms with E-state index in [9.17, 15) is 14.3 Å². The number of halogens is 1. The third-order valence-electron chi connectivity index (χ3n) is 2.14. The molecule has 0 aliphatic rings. The summed E-state index contributed by atoms with van der Waals surface area (Å²) >= 11 is 1.23. The molecule has 88 valence electrons. The number of carboxylic acids is 1. The number of carbonyl (C=O) groups is 1. The van der Waals surface area contributed by atoms with Gasteiger partial charge in [0.2, 0.25) is 0 Å². The van der Waals surface area contributed by atoms with E-state index in [4.69, 9.17) is 5.11 Å². The predicted octanol–water partition coefficient (Wildman–Crippen LogP) is 2.66. The van der Waals surface area contributed by atoms with Gasteiger partial charge in [0.1, 0.15) is 16.6 Å². The van der Waals surface area contributed by atoms with Crippen LogP contribution in [0.2, 0.25) is 0 Å². The molecule has 0 bridgehead atoms. The fourth-order valence-corrected chi connectivity index (χ4v) is 2.17. The van der Waals surface area contributed by atoms with Crippen molar-refractivity contribution in [2.75, 3.05) is 0 Å². The van der Waals surface area contributed by atoms with Gasteiger partial charge in [-0.25, -0.2) is 14.2 Å². The highest BCUT2D eigenvalue weighted by Crippen LogP contribution is 2.32. The van der Waals surface area contributed by atoms with Gasteiger partial charge in [0.05, 0.1) is 11.1 Å². The average Bonchev–Trinajstić information content (AvgIpc) is 2.67. The lowest BCUT2D eigenvalue weighted by molar-refractivity contribution is 0.0691. The third kappa shape index (κ3) is 2.12. The monoisotopic (exact) mass is 253 g/mol. The van der Waals surface area contributed by atoms with Crippen LogP contribution in [-0.4, -0.2) is 21.2 Å². The van der Waals surface area contributed by atoms with Crippen LogP contribution in [-0.2, 0) is 0 Å². The molecule has 0 radical (unpaired) electrons. The Labute approximate surface area is 100.0 Å². The Morgan fingerprint density at radius 2 is 2.18 bits per heavy atom. The minimum absolute atomic E-state index is 0.000463. The van der Waals surface area contributed by atoms with Gasteiger partial charge in [-0.3, -0.25) is 0 Å². The number of thiazole rings is 1. The van der Waals surface area contributed by atoms with Crippen LogP contribution >= 0.6 is 11.3 Å². The lowest BCUT2D eigenvalue weighted by atomic mass is 10.1. The lowest BCUT2D eigenvalue weighted by Crippen LogP contribution is -2.01. The molecule has 0 aliphatic carbocycles. The summed E-state index contributed by atoms with van der Waals surface area (Å²) in [4.78, 5) is 15.6. The summed E-state index contributed by atoms with van der Waals surface area (Å²) in [5.74, 6) is -2.61. The molecule has 0 fully saturated rings. The van der Waals surface area contributed by atoms with Crippen molar-refractivity contribution in [3.8, 4) is 16.3 Å². The number of benzene rings is 1. The topological polar surface area (TPSA) is 70.4 Å². The molecule has 0 spiro atoms. The molecule has 17 heavy (non-hydrogen) atoms. The minimum Gasteiger partial charge on any atom is -0.508 e. The van der Waals surface area contributed by atoms with Crippen LogP contribution in [0.1, 0.15) is 15.2 Å². The summed E-state index contributed by atoms with van der Waals surface area (Å²) in [6.45, 7) is 1.81. The molecule has 2 aromatic rings. The van der Waals surface area contributed by atoms with Gasteiger partial charge in [-0.2, -0.15) is 0 Å². The predicted molar refractivity (Wildman–Crippen MR) is 60.9 cm³/mol. The zero-order valence-electron chi connectivity index (χ0n) is 8.77. The number of rotatable bonds is 2. The number of hydrogen-bond acceptors (Lipinski definition) is 4. The summed E-state index contributed by atoms with van der Waals surface area (Å²) in [5.41, 5.74) is -0.562. The van der Waals surface area contributed by atoms with Gasteiger partial charge in [-0.05, 0) is 19.1 Å². The van der Waals surface area contributed by atoms with Crippen molar-refractivity contribution >= 4 is 17.3 Å². The fraction of sp³-hybridized carbons (Fsp3) is 0.0909. The van der Waals surface area contributed by atoms with E-state index in [-0.39, 0.29) is 11.3 Å². The number of carboxylic acid groups (broad SMARTS) is 1. The molecule has 0 saturated carbocycles. The molecule has 6 heteroatoms. The van der Waals surface area contributed by atoms with E-state index in [0.29, 0.717) is 5.01 Å². The SMILES string of the molecule is Cc1cnc(-c2cc(O)cc(C(=O)O)c2F)s1. The standard InChI is InChI=1S/C11H8FNO3S/c1-5-4-13-10(17-5)7-2-6(14)3-8(9(7)12)11(15)16/h2-4,14H,1H3,(H,15,16). The Balaban J connectivity index is 2.66. The molecule has 0 amide bonds. The van der Waals surface area contributed by atoms with Gasteiger partial charge in [0.25, 0.3) is 0 Å². The molecule has 1 aromatic heterocycles. The Bertz CT molecular complexity index is 594. The Kier molecular flexibility index (Phi) is 2.81. The second kappa shape index (κ2) is 4.14. The molecule has 0 atom stereocenters. The van der Waals surface area contributed by atoms with E-state index in [1.54, 1.807) is 13.1 Å². The average molecular weight is 253 g/mol. The Morgan fingerprint density at radius 1 is 1.47 bits per heavy atom. The van der Waals surface area contributed by atoms with Crippen LogP contribution in [0.25, 0.3) is 10.6 Å². The van der Waals surface area contributed by atoms with Crippen molar-refractivity contribution in [3.05, 3.63) is 34.6 Å². The number of aromatic nitrogens is 1. The Hall–Kier alpha value is -1.95. The van der Waals surface area contributed by atoms with Gasteiger partial charge in [0, 0.05) is 11.1 Å². The summed E-state index contributed by atoms with van der Waals surface area (Å²) in [6, 6.07) is 2.04. The third-order valence-corrected chi connectivity index (χ3v) is 3.09. The van der Waals surface area contributed by atoms with Crippen LogP contribution in [0.15, 0.2) is 18.3 Å². The normalized spacial score (nSPS) is 10.5. The van der Waals surface area contributed by atoms with Crippen LogP contribution in [0.5, 0.6) is 5.75 Å². The van der Waals surface area contributed by atoms with Crippen LogP contribution in [0, 0.1) is 12.7 Å². The molecular formula is C11H8FNO3S. The maximum atomic E-state index is 13.9. The van der Waals surface area contributed by atoms with Gasteiger partial charge in [0.15, 0.2) is 0 Å². The van der Waals surface area contributed by atoms with Crippen molar-refractivity contribution in [2.45, 2.75) is 6.92 Å². The summed E-state index contributed by atoms with van der Waals surface area (Å²) in [7, 11) is 0. The number of nitrogens with zero attached hydrogens (tertiary/aromatic N) is 1. The molecule has 0 unspecified atom stereocenters. The number of aromatic carboxylic acids is 1. The molecule has 4 nitrogen and oxygen atoms in total. The first-order chi connectivity index (χ1) is 7.99. The van der Waals surface area contributed by atoms with E-state index in [0.717, 1.165) is 10.9 Å². The second-order valence-electron chi connectivity index (χ2n) is 3.44. The highest BCUT2D eigenvalue weighted by atomic mass is 32.1. The molecular weight excluding hydrogens is 245 g/mol. The number of hydrogen-bond donors (Lipinski definition) is 2. The quantitative estimate of drug-likeness (QED) is 0.863. The van der Waals surface area contributed by atoms with Crippen molar-refractivity contribution in [1.29, 1.82) is 0 Å². The van der Waals surface area contributed by atoms with Gasteiger partial charge in [-0.15, -0.1) is 11.3 Å². The molecule has 0 saturated heterocycles. The summed E-state index contributed by atoms with van der Waals surface area (Å²) < 4.78 is 13.9. The van der Waals surface area contributed by atoms with Gasteiger partial charge < -0.3 is 10.2 Å². The first kappa shape index (κ1) is 11.5. The molecule has 2 N–H and O–H groups in total. The zero-order valence-corrected chi connectivity index (χ0v) is 9.58. The molecule has 1 aromatic carbocycles. The maximum Gasteiger partial charge on any atom is 0.338 e. The van der Waals surface area contributed by atoms with E-state index < -0.39 is 17.3 Å². The largest absolute Gasteiger partial charge is 0.508 e. The summed E-state index contributed by atoms with van der Waals surface area (Å²) in [5, 5.41) is 18.5. The van der Waals surface area contributed by atoms with E-state index in [1.807, 2.05) is 0 Å².